The maximum Gasteiger partial charge on any atom is 0.323 e. The lowest BCUT2D eigenvalue weighted by Crippen LogP contribution is -2.30. The van der Waals surface area contributed by atoms with Gasteiger partial charge in [-0.1, -0.05) is 6.92 Å². The molecule has 1 N–H and O–H groups in total. The van der Waals surface area contributed by atoms with Crippen LogP contribution in [0.2, 0.25) is 0 Å². The summed E-state index contributed by atoms with van der Waals surface area (Å²) in [5.74, 6) is -0.842. The van der Waals surface area contributed by atoms with E-state index in [1.165, 1.54) is 6.92 Å². The molecular weight excluding hydrogens is 218 g/mol. The van der Waals surface area contributed by atoms with E-state index in [-0.39, 0.29) is 12.3 Å². The van der Waals surface area contributed by atoms with Crippen LogP contribution in [0.5, 0.6) is 0 Å². The first-order valence-electron chi connectivity index (χ1n) is 5.62. The summed E-state index contributed by atoms with van der Waals surface area (Å²) in [5, 5.41) is 8.82. The maximum absolute atomic E-state index is 11.1. The zero-order chi connectivity index (χ0) is 12.8. The van der Waals surface area contributed by atoms with E-state index in [0.717, 1.165) is 12.1 Å². The fourth-order valence-electron chi connectivity index (χ4n) is 1.64. The normalized spacial score (nSPS) is 10.0. The van der Waals surface area contributed by atoms with Crippen LogP contribution in [-0.4, -0.2) is 29.9 Å². The van der Waals surface area contributed by atoms with E-state index >= 15 is 0 Å². The summed E-state index contributed by atoms with van der Waals surface area (Å²) in [6.45, 7) is 4.17. The highest BCUT2D eigenvalue weighted by Gasteiger charge is 2.10. The number of benzene rings is 1. The number of rotatable bonds is 6. The third-order valence-electron chi connectivity index (χ3n) is 2.46. The Morgan fingerprint density at radius 3 is 2.24 bits per heavy atom. The number of ketones is 1. The molecule has 0 spiro atoms. The molecule has 0 fully saturated rings. The Hall–Kier alpha value is -1.84. The molecule has 0 saturated heterocycles. The molecule has 0 aromatic heterocycles. The summed E-state index contributed by atoms with van der Waals surface area (Å²) >= 11 is 0. The van der Waals surface area contributed by atoms with Crippen LogP contribution in [0.4, 0.5) is 5.69 Å². The van der Waals surface area contributed by atoms with Gasteiger partial charge in [-0.05, 0) is 37.6 Å². The van der Waals surface area contributed by atoms with E-state index in [1.54, 1.807) is 29.2 Å². The van der Waals surface area contributed by atoms with Gasteiger partial charge in [0.25, 0.3) is 0 Å². The van der Waals surface area contributed by atoms with Crippen molar-refractivity contribution in [1.29, 1.82) is 0 Å². The first kappa shape index (κ1) is 13.2. The smallest absolute Gasteiger partial charge is 0.323 e. The number of carbonyl (C=O) groups excluding carboxylic acids is 1. The first-order chi connectivity index (χ1) is 8.04. The SMILES string of the molecule is CCCN(CC(=O)O)c1ccc(C(C)=O)cc1. The minimum atomic E-state index is -0.853. The average Bonchev–Trinajstić information content (AvgIpc) is 2.28. The Labute approximate surface area is 101 Å². The Balaban J connectivity index is 2.86. The van der Waals surface area contributed by atoms with Crippen LogP contribution < -0.4 is 4.90 Å². The quantitative estimate of drug-likeness (QED) is 0.768. The fourth-order valence-corrected chi connectivity index (χ4v) is 1.64. The number of anilines is 1. The van der Waals surface area contributed by atoms with Gasteiger partial charge in [-0.25, -0.2) is 0 Å². The van der Waals surface area contributed by atoms with E-state index in [2.05, 4.69) is 0 Å². The first-order valence-corrected chi connectivity index (χ1v) is 5.62. The molecule has 1 aromatic rings. The third kappa shape index (κ3) is 3.90. The molecule has 4 nitrogen and oxygen atoms in total. The molecule has 0 atom stereocenters. The van der Waals surface area contributed by atoms with E-state index in [1.807, 2.05) is 6.92 Å². The summed E-state index contributed by atoms with van der Waals surface area (Å²) in [6.07, 6.45) is 0.877. The molecule has 0 radical (unpaired) electrons. The summed E-state index contributed by atoms with van der Waals surface area (Å²) in [5.41, 5.74) is 1.47. The highest BCUT2D eigenvalue weighted by atomic mass is 16.4. The molecule has 0 amide bonds. The molecule has 4 heteroatoms. The van der Waals surface area contributed by atoms with Crippen molar-refractivity contribution in [3.8, 4) is 0 Å². The fraction of sp³-hybridized carbons (Fsp3) is 0.385. The molecule has 0 heterocycles. The monoisotopic (exact) mass is 235 g/mol. The van der Waals surface area contributed by atoms with Crippen LogP contribution in [0.15, 0.2) is 24.3 Å². The summed E-state index contributed by atoms with van der Waals surface area (Å²) in [6, 6.07) is 7.02. The molecule has 0 bridgehead atoms. The molecule has 0 aliphatic heterocycles. The van der Waals surface area contributed by atoms with Gasteiger partial charge in [0.05, 0.1) is 0 Å². The molecule has 17 heavy (non-hydrogen) atoms. The van der Waals surface area contributed by atoms with Gasteiger partial charge in [0.15, 0.2) is 5.78 Å². The van der Waals surface area contributed by atoms with Gasteiger partial charge < -0.3 is 10.0 Å². The van der Waals surface area contributed by atoms with Crippen molar-refractivity contribution in [2.75, 3.05) is 18.0 Å². The second-order valence-electron chi connectivity index (χ2n) is 3.92. The number of carbonyl (C=O) groups is 2. The number of Topliss-reactive ketones (excluding diaryl/α,β-unsaturated/α-hetero) is 1. The van der Waals surface area contributed by atoms with Crippen molar-refractivity contribution in [1.82, 2.24) is 0 Å². The second-order valence-corrected chi connectivity index (χ2v) is 3.92. The molecule has 92 valence electrons. The van der Waals surface area contributed by atoms with E-state index in [4.69, 9.17) is 5.11 Å². The minimum absolute atomic E-state index is 0.0110. The molecule has 0 saturated carbocycles. The maximum atomic E-state index is 11.1. The Morgan fingerprint density at radius 1 is 1.24 bits per heavy atom. The number of nitrogens with zero attached hydrogens (tertiary/aromatic N) is 1. The summed E-state index contributed by atoms with van der Waals surface area (Å²) in [7, 11) is 0. The molecule has 0 unspecified atom stereocenters. The zero-order valence-corrected chi connectivity index (χ0v) is 10.1. The zero-order valence-electron chi connectivity index (χ0n) is 10.1. The predicted molar refractivity (Wildman–Crippen MR) is 66.6 cm³/mol. The molecule has 1 aromatic carbocycles. The molecule has 1 rings (SSSR count). The van der Waals surface area contributed by atoms with Gasteiger partial charge in [-0.2, -0.15) is 0 Å². The standard InChI is InChI=1S/C13H17NO3/c1-3-8-14(9-13(16)17)12-6-4-11(5-7-12)10(2)15/h4-7H,3,8-9H2,1-2H3,(H,16,17). The van der Waals surface area contributed by atoms with Gasteiger partial charge in [0.2, 0.25) is 0 Å². The highest BCUT2D eigenvalue weighted by Crippen LogP contribution is 2.15. The lowest BCUT2D eigenvalue weighted by Gasteiger charge is -2.22. The summed E-state index contributed by atoms with van der Waals surface area (Å²) < 4.78 is 0. The lowest BCUT2D eigenvalue weighted by atomic mass is 10.1. The third-order valence-corrected chi connectivity index (χ3v) is 2.46. The number of hydrogen-bond donors (Lipinski definition) is 1. The Kier molecular flexibility index (Phi) is 4.69. The van der Waals surface area contributed by atoms with E-state index in [0.29, 0.717) is 12.1 Å². The van der Waals surface area contributed by atoms with Gasteiger partial charge in [0, 0.05) is 17.8 Å². The lowest BCUT2D eigenvalue weighted by molar-refractivity contribution is -0.135. The number of hydrogen-bond acceptors (Lipinski definition) is 3. The summed E-state index contributed by atoms with van der Waals surface area (Å²) in [4.78, 5) is 23.6. The van der Waals surface area contributed by atoms with Gasteiger partial charge >= 0.3 is 5.97 Å². The van der Waals surface area contributed by atoms with Crippen LogP contribution in [0.3, 0.4) is 0 Å². The number of aliphatic carboxylic acids is 1. The minimum Gasteiger partial charge on any atom is -0.480 e. The van der Waals surface area contributed by atoms with Crippen molar-refractivity contribution in [3.05, 3.63) is 29.8 Å². The number of carboxylic acid groups (broad SMARTS) is 1. The van der Waals surface area contributed by atoms with Crippen molar-refractivity contribution in [2.24, 2.45) is 0 Å². The van der Waals surface area contributed by atoms with Crippen LogP contribution in [-0.2, 0) is 4.79 Å². The van der Waals surface area contributed by atoms with Crippen molar-refractivity contribution >= 4 is 17.4 Å². The topological polar surface area (TPSA) is 57.6 Å². The molecule has 0 aliphatic carbocycles. The Morgan fingerprint density at radius 2 is 1.82 bits per heavy atom. The van der Waals surface area contributed by atoms with Gasteiger partial charge in [-0.15, -0.1) is 0 Å². The number of carboxylic acids is 1. The van der Waals surface area contributed by atoms with Crippen molar-refractivity contribution in [2.45, 2.75) is 20.3 Å². The predicted octanol–water partition coefficient (Wildman–Crippen LogP) is 2.19. The highest BCUT2D eigenvalue weighted by molar-refractivity contribution is 5.94. The van der Waals surface area contributed by atoms with E-state index in [9.17, 15) is 9.59 Å². The average molecular weight is 235 g/mol. The molecular formula is C13H17NO3. The second kappa shape index (κ2) is 6.03. The van der Waals surface area contributed by atoms with Crippen molar-refractivity contribution < 1.29 is 14.7 Å². The largest absolute Gasteiger partial charge is 0.480 e. The van der Waals surface area contributed by atoms with Crippen molar-refractivity contribution in [3.63, 3.8) is 0 Å². The van der Waals surface area contributed by atoms with Gasteiger partial charge in [0.1, 0.15) is 6.54 Å². The van der Waals surface area contributed by atoms with Gasteiger partial charge in [-0.3, -0.25) is 9.59 Å². The van der Waals surface area contributed by atoms with Crippen LogP contribution in [0, 0.1) is 0 Å². The van der Waals surface area contributed by atoms with Crippen LogP contribution >= 0.6 is 0 Å². The van der Waals surface area contributed by atoms with Crippen LogP contribution in [0.1, 0.15) is 30.6 Å². The van der Waals surface area contributed by atoms with E-state index < -0.39 is 5.97 Å². The van der Waals surface area contributed by atoms with Crippen LogP contribution in [0.25, 0.3) is 0 Å². The molecule has 0 aliphatic rings. The Bertz CT molecular complexity index is 398.